The van der Waals surface area contributed by atoms with E-state index in [0.717, 1.165) is 0 Å². The third-order valence-electron chi connectivity index (χ3n) is 0.844. The number of nitrogens with zero attached hydrogens (tertiary/aromatic N) is 3. The Labute approximate surface area is 40.7 Å². The molecule has 1 saturated heterocycles. The minimum atomic E-state index is -0.176. The van der Waals surface area contributed by atoms with E-state index in [1.807, 2.05) is 6.92 Å². The molecule has 1 fully saturated rings. The molecule has 0 aromatic heterocycles. The molecule has 2 unspecified atom stereocenters. The molecule has 1 aliphatic rings. The van der Waals surface area contributed by atoms with Gasteiger partial charge in [0.05, 0.1) is 6.10 Å². The minimum absolute atomic E-state index is 0.149. The molecule has 38 valence electrons. The lowest BCUT2D eigenvalue weighted by atomic mass is 10.5. The van der Waals surface area contributed by atoms with E-state index < -0.39 is 0 Å². The van der Waals surface area contributed by atoms with Gasteiger partial charge in [0.15, 0.2) is 6.23 Å². The van der Waals surface area contributed by atoms with Crippen molar-refractivity contribution in [1.29, 1.82) is 0 Å². The third kappa shape index (κ3) is 0.824. The first-order valence-electron chi connectivity index (χ1n) is 2.04. The number of epoxide rings is 1. The number of ether oxygens (including phenoxy) is 1. The van der Waals surface area contributed by atoms with Crippen LogP contribution in [0.15, 0.2) is 5.11 Å². The van der Waals surface area contributed by atoms with Gasteiger partial charge >= 0.3 is 0 Å². The Kier molecular flexibility index (Phi) is 0.889. The summed E-state index contributed by atoms with van der Waals surface area (Å²) in [7, 11) is 0. The Balaban J connectivity index is 2.34. The Morgan fingerprint density at radius 2 is 2.43 bits per heavy atom. The molecular weight excluding hydrogens is 94.1 g/mol. The molecule has 0 bridgehead atoms. The van der Waals surface area contributed by atoms with Crippen LogP contribution in [0.1, 0.15) is 6.92 Å². The minimum Gasteiger partial charge on any atom is -0.364 e. The van der Waals surface area contributed by atoms with Gasteiger partial charge in [-0.05, 0) is 12.5 Å². The van der Waals surface area contributed by atoms with Gasteiger partial charge in [0.2, 0.25) is 0 Å². The van der Waals surface area contributed by atoms with Crippen molar-refractivity contribution < 1.29 is 4.74 Å². The summed E-state index contributed by atoms with van der Waals surface area (Å²) in [6.45, 7) is 1.86. The predicted octanol–water partition coefficient (Wildman–Crippen LogP) is 1.04. The van der Waals surface area contributed by atoms with Crippen LogP contribution in [0.2, 0.25) is 0 Å². The molecule has 0 aliphatic carbocycles. The van der Waals surface area contributed by atoms with E-state index in [-0.39, 0.29) is 12.3 Å². The summed E-state index contributed by atoms with van der Waals surface area (Å²) in [6, 6.07) is 0. The van der Waals surface area contributed by atoms with Crippen LogP contribution in [0.5, 0.6) is 0 Å². The molecule has 0 aromatic carbocycles. The third-order valence-corrected chi connectivity index (χ3v) is 0.844. The van der Waals surface area contributed by atoms with E-state index in [2.05, 4.69) is 10.0 Å². The fourth-order valence-corrected chi connectivity index (χ4v) is 0.347. The molecule has 1 aliphatic heterocycles. The molecule has 0 radical (unpaired) electrons. The highest BCUT2D eigenvalue weighted by Gasteiger charge is 2.32. The molecule has 4 heteroatoms. The largest absolute Gasteiger partial charge is 0.364 e. The Bertz CT molecular complexity index is 117. The van der Waals surface area contributed by atoms with Gasteiger partial charge < -0.3 is 4.74 Å². The average molecular weight is 99.1 g/mol. The maximum atomic E-state index is 7.77. The van der Waals surface area contributed by atoms with E-state index in [0.29, 0.717) is 0 Å². The second kappa shape index (κ2) is 1.40. The first-order valence-corrected chi connectivity index (χ1v) is 2.04. The summed E-state index contributed by atoms with van der Waals surface area (Å²) in [5, 5.41) is 3.28. The topological polar surface area (TPSA) is 61.3 Å². The Morgan fingerprint density at radius 1 is 1.86 bits per heavy atom. The van der Waals surface area contributed by atoms with Crippen molar-refractivity contribution in [3.8, 4) is 0 Å². The fraction of sp³-hybridized carbons (Fsp3) is 1.00. The Morgan fingerprint density at radius 3 is 2.57 bits per heavy atom. The van der Waals surface area contributed by atoms with Crippen LogP contribution >= 0.6 is 0 Å². The quantitative estimate of drug-likeness (QED) is 0.209. The summed E-state index contributed by atoms with van der Waals surface area (Å²) in [5.41, 5.74) is 7.77. The van der Waals surface area contributed by atoms with Gasteiger partial charge in [-0.2, -0.15) is 0 Å². The number of rotatable bonds is 1. The lowest BCUT2D eigenvalue weighted by molar-refractivity contribution is 0.382. The van der Waals surface area contributed by atoms with Gasteiger partial charge in [0.25, 0.3) is 0 Å². The smallest absolute Gasteiger partial charge is 0.162 e. The van der Waals surface area contributed by atoms with Crippen molar-refractivity contribution in [3.63, 3.8) is 0 Å². The molecule has 1 rings (SSSR count). The molecule has 0 N–H and O–H groups in total. The van der Waals surface area contributed by atoms with E-state index >= 15 is 0 Å². The molecule has 0 aromatic rings. The van der Waals surface area contributed by atoms with Crippen molar-refractivity contribution in [2.24, 2.45) is 5.11 Å². The second-order valence-corrected chi connectivity index (χ2v) is 1.44. The average Bonchev–Trinajstić information content (AvgIpc) is 2.22. The SMILES string of the molecule is CC1OC1N=[N+]=[N-]. The number of azide groups is 1. The molecule has 1 heterocycles. The summed E-state index contributed by atoms with van der Waals surface area (Å²) < 4.78 is 4.74. The molecule has 2 atom stereocenters. The Hall–Kier alpha value is -0.730. The molecule has 0 spiro atoms. The molecule has 4 nitrogen and oxygen atoms in total. The summed E-state index contributed by atoms with van der Waals surface area (Å²) in [5.74, 6) is 0. The fourth-order valence-electron chi connectivity index (χ4n) is 0.347. The van der Waals surface area contributed by atoms with E-state index in [4.69, 9.17) is 10.3 Å². The van der Waals surface area contributed by atoms with Gasteiger partial charge in [-0.25, -0.2) is 0 Å². The van der Waals surface area contributed by atoms with Crippen molar-refractivity contribution >= 4 is 0 Å². The van der Waals surface area contributed by atoms with Crippen molar-refractivity contribution in [2.75, 3.05) is 0 Å². The number of hydrogen-bond donors (Lipinski definition) is 0. The number of hydrogen-bond acceptors (Lipinski definition) is 2. The molecule has 7 heavy (non-hydrogen) atoms. The van der Waals surface area contributed by atoms with Crippen LogP contribution in [-0.4, -0.2) is 12.3 Å². The van der Waals surface area contributed by atoms with Crippen LogP contribution in [0, 0.1) is 0 Å². The molecule has 0 saturated carbocycles. The van der Waals surface area contributed by atoms with Crippen LogP contribution in [0.25, 0.3) is 10.4 Å². The molecular formula is C3H5N3O. The van der Waals surface area contributed by atoms with Crippen LogP contribution in [0.3, 0.4) is 0 Å². The maximum Gasteiger partial charge on any atom is 0.162 e. The van der Waals surface area contributed by atoms with Gasteiger partial charge in [0, 0.05) is 4.91 Å². The van der Waals surface area contributed by atoms with Crippen molar-refractivity contribution in [3.05, 3.63) is 10.4 Å². The zero-order valence-electron chi connectivity index (χ0n) is 3.90. The van der Waals surface area contributed by atoms with Crippen molar-refractivity contribution in [2.45, 2.75) is 19.3 Å². The van der Waals surface area contributed by atoms with Gasteiger partial charge in [-0.15, -0.1) is 0 Å². The molecule has 0 amide bonds. The summed E-state index contributed by atoms with van der Waals surface area (Å²) >= 11 is 0. The van der Waals surface area contributed by atoms with Crippen LogP contribution in [-0.2, 0) is 4.74 Å². The standard InChI is InChI=1S/C3H5N3O/c1-2-3(7-2)5-6-4/h2-3H,1H3. The zero-order valence-corrected chi connectivity index (χ0v) is 3.90. The first-order chi connectivity index (χ1) is 3.34. The van der Waals surface area contributed by atoms with Crippen LogP contribution in [0.4, 0.5) is 0 Å². The first kappa shape index (κ1) is 4.43. The van der Waals surface area contributed by atoms with Gasteiger partial charge in [0.1, 0.15) is 0 Å². The van der Waals surface area contributed by atoms with Gasteiger partial charge in [-0.3, -0.25) is 0 Å². The highest BCUT2D eigenvalue weighted by Crippen LogP contribution is 2.21. The van der Waals surface area contributed by atoms with E-state index in [1.54, 1.807) is 0 Å². The highest BCUT2D eigenvalue weighted by molar-refractivity contribution is 4.77. The zero-order chi connectivity index (χ0) is 5.28. The summed E-state index contributed by atoms with van der Waals surface area (Å²) in [6.07, 6.45) is -0.0269. The van der Waals surface area contributed by atoms with Crippen LogP contribution < -0.4 is 0 Å². The van der Waals surface area contributed by atoms with Gasteiger partial charge in [-0.1, -0.05) is 5.11 Å². The van der Waals surface area contributed by atoms with E-state index in [1.165, 1.54) is 0 Å². The highest BCUT2D eigenvalue weighted by atomic mass is 16.6. The monoisotopic (exact) mass is 99.0 g/mol. The lowest BCUT2D eigenvalue weighted by Crippen LogP contribution is -1.77. The van der Waals surface area contributed by atoms with Crippen molar-refractivity contribution in [1.82, 2.24) is 0 Å². The summed E-state index contributed by atoms with van der Waals surface area (Å²) in [4.78, 5) is 2.55. The lowest BCUT2D eigenvalue weighted by Gasteiger charge is -1.62. The predicted molar refractivity (Wildman–Crippen MR) is 23.5 cm³/mol. The van der Waals surface area contributed by atoms with E-state index in [9.17, 15) is 0 Å². The maximum absolute atomic E-state index is 7.77. The second-order valence-electron chi connectivity index (χ2n) is 1.44. The normalized spacial score (nSPS) is 36.7.